The van der Waals surface area contributed by atoms with Gasteiger partial charge in [0, 0.05) is 38.6 Å². The molecule has 0 saturated carbocycles. The molecule has 7 nitrogen and oxygen atoms in total. The fraction of sp³-hybridized carbons (Fsp3) is 0.267. The minimum absolute atomic E-state index is 0.265. The number of hydrogen-bond acceptors (Lipinski definition) is 5. The lowest BCUT2D eigenvalue weighted by molar-refractivity contribution is 0.167. The Morgan fingerprint density at radius 2 is 1.64 bits per heavy atom. The molecule has 0 bridgehead atoms. The van der Waals surface area contributed by atoms with Crippen molar-refractivity contribution in [3.63, 3.8) is 0 Å². The molecule has 1 aliphatic heterocycles. The molecule has 0 aromatic carbocycles. The van der Waals surface area contributed by atoms with Crippen LogP contribution in [-0.4, -0.2) is 47.2 Å². The smallest absolute Gasteiger partial charge is 0.314 e. The van der Waals surface area contributed by atoms with Crippen LogP contribution in [-0.2, 0) is 0 Å². The summed E-state index contributed by atoms with van der Waals surface area (Å²) < 4.78 is 0. The van der Waals surface area contributed by atoms with Crippen molar-refractivity contribution in [2.75, 3.05) is 31.1 Å². The molecule has 3 rings (SSSR count). The van der Waals surface area contributed by atoms with Crippen LogP contribution >= 0.6 is 0 Å². The maximum atomic E-state index is 12.7. The summed E-state index contributed by atoms with van der Waals surface area (Å²) in [6.07, 6.45) is 3.31. The zero-order valence-corrected chi connectivity index (χ0v) is 12.1. The highest BCUT2D eigenvalue weighted by Crippen LogP contribution is 2.20. The Morgan fingerprint density at radius 3 is 2.14 bits per heavy atom. The van der Waals surface area contributed by atoms with E-state index in [2.05, 4.69) is 20.7 Å². The largest absolute Gasteiger partial charge is 0.343 e. The van der Waals surface area contributed by atoms with Crippen LogP contribution in [0.2, 0.25) is 0 Å². The first-order chi connectivity index (χ1) is 10.8. The molecule has 2 amide bonds. The van der Waals surface area contributed by atoms with E-state index in [0.717, 1.165) is 26.2 Å². The molecule has 0 atom stereocenters. The molecule has 2 N–H and O–H groups in total. The number of carbonyl (C=O) groups excluding carboxylic acids is 1. The molecule has 0 aliphatic carbocycles. The second-order valence-corrected chi connectivity index (χ2v) is 4.87. The topological polar surface area (TPSA) is 73.4 Å². The van der Waals surface area contributed by atoms with Gasteiger partial charge in [-0.25, -0.2) is 24.7 Å². The zero-order valence-electron chi connectivity index (χ0n) is 12.1. The summed E-state index contributed by atoms with van der Waals surface area (Å²) in [5, 5.41) is 5.15. The molecule has 2 aromatic rings. The van der Waals surface area contributed by atoms with Crippen LogP contribution in [0.25, 0.3) is 0 Å². The van der Waals surface area contributed by atoms with Crippen molar-refractivity contribution in [1.29, 1.82) is 0 Å². The Labute approximate surface area is 128 Å². The van der Waals surface area contributed by atoms with Crippen molar-refractivity contribution in [2.45, 2.75) is 0 Å². The molecule has 1 fully saturated rings. The molecular formula is C15H18N6O. The van der Waals surface area contributed by atoms with Gasteiger partial charge in [0.05, 0.1) is 0 Å². The second-order valence-electron chi connectivity index (χ2n) is 4.87. The van der Waals surface area contributed by atoms with Gasteiger partial charge in [-0.3, -0.25) is 5.43 Å². The summed E-state index contributed by atoms with van der Waals surface area (Å²) in [5.74, 6) is 1.07. The number of nitrogens with zero attached hydrogens (tertiary/aromatic N) is 4. The fourth-order valence-electron chi connectivity index (χ4n) is 2.26. The van der Waals surface area contributed by atoms with E-state index in [9.17, 15) is 4.79 Å². The quantitative estimate of drug-likeness (QED) is 0.889. The van der Waals surface area contributed by atoms with Gasteiger partial charge in [0.25, 0.3) is 0 Å². The van der Waals surface area contributed by atoms with Crippen LogP contribution in [0.5, 0.6) is 0 Å². The van der Waals surface area contributed by atoms with Crippen LogP contribution in [0.3, 0.4) is 0 Å². The molecule has 0 radical (unpaired) electrons. The molecule has 0 spiro atoms. The first-order valence-corrected chi connectivity index (χ1v) is 7.23. The normalized spacial score (nSPS) is 15.3. The second kappa shape index (κ2) is 6.97. The summed E-state index contributed by atoms with van der Waals surface area (Å²) >= 11 is 0. The highest BCUT2D eigenvalue weighted by molar-refractivity contribution is 5.97. The molecule has 1 saturated heterocycles. The Kier molecular flexibility index (Phi) is 4.57. The van der Waals surface area contributed by atoms with Gasteiger partial charge in [0.2, 0.25) is 0 Å². The van der Waals surface area contributed by atoms with Gasteiger partial charge in [-0.15, -0.1) is 0 Å². The van der Waals surface area contributed by atoms with Crippen LogP contribution in [0.1, 0.15) is 0 Å². The summed E-state index contributed by atoms with van der Waals surface area (Å²) in [5.41, 5.74) is 2.92. The van der Waals surface area contributed by atoms with Gasteiger partial charge in [0.15, 0.2) is 0 Å². The third kappa shape index (κ3) is 3.38. The Balaban J connectivity index is 1.83. The van der Waals surface area contributed by atoms with Gasteiger partial charge >= 0.3 is 6.03 Å². The summed E-state index contributed by atoms with van der Waals surface area (Å²) in [6, 6.07) is 10.6. The van der Waals surface area contributed by atoms with Crippen molar-refractivity contribution >= 4 is 17.7 Å². The molecular weight excluding hydrogens is 280 g/mol. The minimum atomic E-state index is -0.265. The van der Waals surface area contributed by atoms with Crippen molar-refractivity contribution < 1.29 is 4.79 Å². The number of hydrazine groups is 1. The Bertz CT molecular complexity index is 560. The summed E-state index contributed by atoms with van der Waals surface area (Å²) in [6.45, 7) is 3.24. The average Bonchev–Trinajstić information content (AvgIpc) is 2.58. The summed E-state index contributed by atoms with van der Waals surface area (Å²) in [7, 11) is 0. The van der Waals surface area contributed by atoms with E-state index in [1.165, 1.54) is 4.90 Å². The van der Waals surface area contributed by atoms with E-state index in [1.54, 1.807) is 24.5 Å². The van der Waals surface area contributed by atoms with Gasteiger partial charge in [-0.05, 0) is 24.3 Å². The standard InChI is InChI=1S/C15H18N6O/c22-15(19-20-11-9-16-10-12-20)21(13-5-1-3-7-17-13)14-6-2-4-8-18-14/h1-8,16H,9-12H2,(H,19,22). The number of aromatic nitrogens is 2. The molecule has 7 heteroatoms. The first kappa shape index (κ1) is 14.4. The maximum absolute atomic E-state index is 12.7. The zero-order chi connectivity index (χ0) is 15.2. The number of anilines is 2. The molecule has 1 aliphatic rings. The van der Waals surface area contributed by atoms with E-state index in [1.807, 2.05) is 29.3 Å². The lowest BCUT2D eigenvalue weighted by atomic mass is 10.4. The lowest BCUT2D eigenvalue weighted by Crippen LogP contribution is -2.54. The van der Waals surface area contributed by atoms with E-state index in [0.29, 0.717) is 11.6 Å². The third-order valence-corrected chi connectivity index (χ3v) is 3.33. The number of pyridine rings is 2. The Hall–Kier alpha value is -2.51. The summed E-state index contributed by atoms with van der Waals surface area (Å²) in [4.78, 5) is 22.7. The maximum Gasteiger partial charge on any atom is 0.343 e. The fourth-order valence-corrected chi connectivity index (χ4v) is 2.26. The number of hydrogen-bond donors (Lipinski definition) is 2. The number of nitrogens with one attached hydrogen (secondary N) is 2. The molecule has 2 aromatic heterocycles. The van der Waals surface area contributed by atoms with Crippen LogP contribution < -0.4 is 15.6 Å². The number of amides is 2. The van der Waals surface area contributed by atoms with Crippen molar-refractivity contribution in [3.8, 4) is 0 Å². The number of piperazine rings is 1. The predicted molar refractivity (Wildman–Crippen MR) is 83.6 cm³/mol. The molecule has 22 heavy (non-hydrogen) atoms. The van der Waals surface area contributed by atoms with Crippen molar-refractivity contribution in [3.05, 3.63) is 48.8 Å². The number of carbonyl (C=O) groups is 1. The van der Waals surface area contributed by atoms with Gasteiger partial charge in [0.1, 0.15) is 11.6 Å². The minimum Gasteiger partial charge on any atom is -0.314 e. The molecule has 114 valence electrons. The average molecular weight is 298 g/mol. The number of rotatable bonds is 3. The monoisotopic (exact) mass is 298 g/mol. The van der Waals surface area contributed by atoms with Crippen molar-refractivity contribution in [2.24, 2.45) is 0 Å². The lowest BCUT2D eigenvalue weighted by Gasteiger charge is -2.30. The van der Waals surface area contributed by atoms with E-state index in [-0.39, 0.29) is 6.03 Å². The van der Waals surface area contributed by atoms with Crippen molar-refractivity contribution in [1.82, 2.24) is 25.7 Å². The third-order valence-electron chi connectivity index (χ3n) is 3.33. The van der Waals surface area contributed by atoms with Gasteiger partial charge in [-0.1, -0.05) is 12.1 Å². The van der Waals surface area contributed by atoms with Gasteiger partial charge in [-0.2, -0.15) is 0 Å². The highest BCUT2D eigenvalue weighted by atomic mass is 16.2. The molecule has 0 unspecified atom stereocenters. The van der Waals surface area contributed by atoms with Crippen LogP contribution in [0, 0.1) is 0 Å². The molecule has 3 heterocycles. The van der Waals surface area contributed by atoms with E-state index in [4.69, 9.17) is 0 Å². The van der Waals surface area contributed by atoms with E-state index >= 15 is 0 Å². The predicted octanol–water partition coefficient (Wildman–Crippen LogP) is 1.14. The van der Waals surface area contributed by atoms with Crippen LogP contribution in [0.15, 0.2) is 48.8 Å². The van der Waals surface area contributed by atoms with Gasteiger partial charge < -0.3 is 5.32 Å². The van der Waals surface area contributed by atoms with Crippen LogP contribution in [0.4, 0.5) is 16.4 Å². The first-order valence-electron chi connectivity index (χ1n) is 7.23. The van der Waals surface area contributed by atoms with E-state index < -0.39 is 0 Å². The highest BCUT2D eigenvalue weighted by Gasteiger charge is 2.22. The Morgan fingerprint density at radius 1 is 1.05 bits per heavy atom. The SMILES string of the molecule is O=C(NN1CCNCC1)N(c1ccccn1)c1ccccn1. The number of urea groups is 1.